The maximum Gasteiger partial charge on any atom is 0.415 e. The van der Waals surface area contributed by atoms with Crippen LogP contribution in [0.3, 0.4) is 0 Å². The Hall–Kier alpha value is -3.28. The first-order chi connectivity index (χ1) is 12.7. The second-order valence-electron chi connectivity index (χ2n) is 5.80. The SMILES string of the molecule is O=C(OCc1ccccc1)N1C=CCN(C(=O)OCc2ccccc2)C1. The Labute approximate surface area is 152 Å². The second-order valence-corrected chi connectivity index (χ2v) is 5.80. The zero-order chi connectivity index (χ0) is 18.2. The van der Waals surface area contributed by atoms with Crippen molar-refractivity contribution in [3.8, 4) is 0 Å². The molecule has 0 spiro atoms. The Kier molecular flexibility index (Phi) is 5.88. The van der Waals surface area contributed by atoms with Gasteiger partial charge in [0.25, 0.3) is 0 Å². The molecule has 0 unspecified atom stereocenters. The Morgan fingerprint density at radius 1 is 0.808 bits per heavy atom. The Bertz CT molecular complexity index is 762. The minimum absolute atomic E-state index is 0.0950. The lowest BCUT2D eigenvalue weighted by Gasteiger charge is -2.30. The van der Waals surface area contributed by atoms with E-state index in [4.69, 9.17) is 9.47 Å². The number of hydrogen-bond donors (Lipinski definition) is 0. The number of ether oxygens (including phenoxy) is 2. The number of carbonyl (C=O) groups excluding carboxylic acids is 2. The van der Waals surface area contributed by atoms with E-state index >= 15 is 0 Å². The van der Waals surface area contributed by atoms with Crippen LogP contribution in [0.25, 0.3) is 0 Å². The predicted molar refractivity (Wildman–Crippen MR) is 95.8 cm³/mol. The maximum absolute atomic E-state index is 12.2. The van der Waals surface area contributed by atoms with Gasteiger partial charge in [-0.15, -0.1) is 0 Å². The van der Waals surface area contributed by atoms with Crippen molar-refractivity contribution in [2.45, 2.75) is 13.2 Å². The highest BCUT2D eigenvalue weighted by Gasteiger charge is 2.24. The van der Waals surface area contributed by atoms with Gasteiger partial charge in [0, 0.05) is 12.7 Å². The summed E-state index contributed by atoms with van der Waals surface area (Å²) >= 11 is 0. The number of hydrogen-bond acceptors (Lipinski definition) is 4. The van der Waals surface area contributed by atoms with Crippen LogP contribution in [0.2, 0.25) is 0 Å². The largest absolute Gasteiger partial charge is 0.444 e. The van der Waals surface area contributed by atoms with Gasteiger partial charge in [-0.05, 0) is 17.2 Å². The van der Waals surface area contributed by atoms with Crippen LogP contribution in [0, 0.1) is 0 Å². The number of amides is 2. The molecule has 0 aromatic heterocycles. The molecule has 6 heteroatoms. The predicted octanol–water partition coefficient (Wildman–Crippen LogP) is 3.75. The van der Waals surface area contributed by atoms with Gasteiger partial charge in [0.1, 0.15) is 19.9 Å². The zero-order valence-electron chi connectivity index (χ0n) is 14.3. The van der Waals surface area contributed by atoms with Gasteiger partial charge in [-0.25, -0.2) is 9.59 Å². The monoisotopic (exact) mass is 352 g/mol. The summed E-state index contributed by atoms with van der Waals surface area (Å²) in [6.45, 7) is 0.856. The van der Waals surface area contributed by atoms with E-state index in [1.807, 2.05) is 60.7 Å². The van der Waals surface area contributed by atoms with Crippen LogP contribution >= 0.6 is 0 Å². The quantitative estimate of drug-likeness (QED) is 0.841. The lowest BCUT2D eigenvalue weighted by Crippen LogP contribution is -2.45. The van der Waals surface area contributed by atoms with Crippen LogP contribution in [0.15, 0.2) is 72.9 Å². The molecule has 2 aromatic carbocycles. The molecule has 0 fully saturated rings. The molecule has 2 aromatic rings. The van der Waals surface area contributed by atoms with E-state index in [1.54, 1.807) is 12.3 Å². The summed E-state index contributed by atoms with van der Waals surface area (Å²) in [6.07, 6.45) is 2.36. The van der Waals surface area contributed by atoms with Crippen LogP contribution in [0.1, 0.15) is 11.1 Å². The van der Waals surface area contributed by atoms with Crippen molar-refractivity contribution < 1.29 is 19.1 Å². The molecule has 26 heavy (non-hydrogen) atoms. The van der Waals surface area contributed by atoms with Crippen molar-refractivity contribution >= 4 is 12.2 Å². The van der Waals surface area contributed by atoms with Crippen LogP contribution in [0.5, 0.6) is 0 Å². The van der Waals surface area contributed by atoms with Crippen molar-refractivity contribution in [2.75, 3.05) is 13.2 Å². The van der Waals surface area contributed by atoms with E-state index in [-0.39, 0.29) is 19.9 Å². The van der Waals surface area contributed by atoms with Crippen LogP contribution < -0.4 is 0 Å². The van der Waals surface area contributed by atoms with Crippen molar-refractivity contribution in [1.29, 1.82) is 0 Å². The maximum atomic E-state index is 12.2. The molecule has 0 radical (unpaired) electrons. The fraction of sp³-hybridized carbons (Fsp3) is 0.200. The number of benzene rings is 2. The molecule has 0 atom stereocenters. The molecular weight excluding hydrogens is 332 g/mol. The second kappa shape index (κ2) is 8.71. The van der Waals surface area contributed by atoms with E-state index in [0.717, 1.165) is 11.1 Å². The molecule has 1 aliphatic heterocycles. The third-order valence-electron chi connectivity index (χ3n) is 3.84. The fourth-order valence-corrected chi connectivity index (χ4v) is 2.45. The molecule has 1 heterocycles. The highest BCUT2D eigenvalue weighted by atomic mass is 16.6. The first kappa shape index (κ1) is 17.5. The molecule has 0 aliphatic carbocycles. The van der Waals surface area contributed by atoms with Crippen LogP contribution in [0.4, 0.5) is 9.59 Å². The van der Waals surface area contributed by atoms with E-state index in [1.165, 1.54) is 9.80 Å². The molecule has 0 saturated heterocycles. The lowest BCUT2D eigenvalue weighted by atomic mass is 10.2. The standard InChI is InChI=1S/C20H20N2O4/c23-19(25-14-17-8-3-1-4-9-17)21-12-7-13-22(16-21)20(24)26-15-18-10-5-2-6-11-18/h1-12H,13-16H2. The van der Waals surface area contributed by atoms with Crippen molar-refractivity contribution in [1.82, 2.24) is 9.80 Å². The first-order valence-electron chi connectivity index (χ1n) is 8.32. The van der Waals surface area contributed by atoms with Gasteiger partial charge < -0.3 is 9.47 Å². The minimum Gasteiger partial charge on any atom is -0.444 e. The van der Waals surface area contributed by atoms with Crippen LogP contribution in [-0.4, -0.2) is 35.2 Å². The summed E-state index contributed by atoms with van der Waals surface area (Å²) in [5, 5.41) is 0. The van der Waals surface area contributed by atoms with Gasteiger partial charge in [-0.1, -0.05) is 60.7 Å². The van der Waals surface area contributed by atoms with Gasteiger partial charge in [0.2, 0.25) is 0 Å². The highest BCUT2D eigenvalue weighted by Crippen LogP contribution is 2.10. The smallest absolute Gasteiger partial charge is 0.415 e. The first-order valence-corrected chi connectivity index (χ1v) is 8.32. The Morgan fingerprint density at radius 2 is 1.35 bits per heavy atom. The van der Waals surface area contributed by atoms with Crippen molar-refractivity contribution in [2.24, 2.45) is 0 Å². The highest BCUT2D eigenvalue weighted by molar-refractivity contribution is 5.72. The third kappa shape index (κ3) is 4.86. The van der Waals surface area contributed by atoms with Gasteiger partial charge in [-0.2, -0.15) is 0 Å². The molecule has 6 nitrogen and oxygen atoms in total. The molecule has 1 aliphatic rings. The molecule has 0 N–H and O–H groups in total. The summed E-state index contributed by atoms with van der Waals surface area (Å²) in [5.74, 6) is 0. The Morgan fingerprint density at radius 3 is 1.92 bits per heavy atom. The topological polar surface area (TPSA) is 59.1 Å². The van der Waals surface area contributed by atoms with Crippen molar-refractivity contribution in [3.63, 3.8) is 0 Å². The van der Waals surface area contributed by atoms with E-state index in [2.05, 4.69) is 0 Å². The minimum atomic E-state index is -0.509. The Balaban J connectivity index is 1.48. The van der Waals surface area contributed by atoms with Crippen LogP contribution in [-0.2, 0) is 22.7 Å². The van der Waals surface area contributed by atoms with Crippen molar-refractivity contribution in [3.05, 3.63) is 84.1 Å². The summed E-state index contributed by atoms with van der Waals surface area (Å²) < 4.78 is 10.6. The summed E-state index contributed by atoms with van der Waals surface area (Å²) in [5.41, 5.74) is 1.81. The van der Waals surface area contributed by atoms with Gasteiger partial charge in [0.15, 0.2) is 0 Å². The van der Waals surface area contributed by atoms with E-state index in [0.29, 0.717) is 6.54 Å². The van der Waals surface area contributed by atoms with Gasteiger partial charge >= 0.3 is 12.2 Å². The zero-order valence-corrected chi connectivity index (χ0v) is 14.3. The summed E-state index contributed by atoms with van der Waals surface area (Å²) in [4.78, 5) is 27.2. The average molecular weight is 352 g/mol. The molecule has 2 amide bonds. The van der Waals surface area contributed by atoms with Gasteiger partial charge in [-0.3, -0.25) is 9.80 Å². The molecule has 0 saturated carbocycles. The number of nitrogens with zero attached hydrogens (tertiary/aromatic N) is 2. The van der Waals surface area contributed by atoms with Gasteiger partial charge in [0.05, 0.1) is 0 Å². The molecule has 0 bridgehead atoms. The molecular formula is C20H20N2O4. The molecule has 134 valence electrons. The molecule has 3 rings (SSSR count). The van der Waals surface area contributed by atoms with E-state index in [9.17, 15) is 9.59 Å². The lowest BCUT2D eigenvalue weighted by molar-refractivity contribution is 0.0656. The average Bonchev–Trinajstić information content (AvgIpc) is 2.72. The number of carbonyl (C=O) groups is 2. The fourth-order valence-electron chi connectivity index (χ4n) is 2.45. The normalized spacial score (nSPS) is 13.4. The van der Waals surface area contributed by atoms with E-state index < -0.39 is 12.2 Å². The number of rotatable bonds is 4. The summed E-state index contributed by atoms with van der Waals surface area (Å²) in [6, 6.07) is 18.9. The summed E-state index contributed by atoms with van der Waals surface area (Å²) in [7, 11) is 0. The third-order valence-corrected chi connectivity index (χ3v) is 3.84.